The smallest absolute Gasteiger partial charge is 0.406 e. The van der Waals surface area contributed by atoms with E-state index in [9.17, 15) is 18.0 Å². The van der Waals surface area contributed by atoms with Gasteiger partial charge >= 0.3 is 12.4 Å². The molecule has 11 heteroatoms. The molecule has 156 valence electrons. The molecule has 1 aromatic carbocycles. The van der Waals surface area contributed by atoms with E-state index in [1.165, 1.54) is 12.1 Å². The Hall–Kier alpha value is -3.24. The van der Waals surface area contributed by atoms with Crippen molar-refractivity contribution in [1.29, 1.82) is 0 Å². The molecule has 0 bridgehead atoms. The minimum absolute atomic E-state index is 0.317. The van der Waals surface area contributed by atoms with Gasteiger partial charge in [0.2, 0.25) is 0 Å². The molecule has 29 heavy (non-hydrogen) atoms. The van der Waals surface area contributed by atoms with Crippen molar-refractivity contribution in [1.82, 2.24) is 15.1 Å². The molecule has 0 unspecified atom stereocenters. The minimum atomic E-state index is -4.75. The second-order valence-corrected chi connectivity index (χ2v) is 6.64. The Bertz CT molecular complexity index is 836. The van der Waals surface area contributed by atoms with E-state index in [2.05, 4.69) is 20.3 Å². The summed E-state index contributed by atoms with van der Waals surface area (Å²) in [6, 6.07) is 6.64. The number of carbonyl (C=O) groups excluding carboxylic acids is 1. The standard InChI is InChI=1S/C18H21F3N6O2/c1-25(2)14-11-16(24-22-12-14)26-7-9-27(10-8-26)17(28)23-13-3-5-15(6-4-13)29-18(19,20)21/h3-6,11-12H,7-10H2,1-2H3,(H,23,28). The second-order valence-electron chi connectivity index (χ2n) is 6.64. The number of carbonyl (C=O) groups is 1. The Balaban J connectivity index is 1.53. The Morgan fingerprint density at radius 3 is 2.38 bits per heavy atom. The van der Waals surface area contributed by atoms with Gasteiger partial charge in [0, 0.05) is 52.0 Å². The number of anilines is 3. The Kier molecular flexibility index (Phi) is 5.95. The minimum Gasteiger partial charge on any atom is -0.406 e. The molecule has 2 heterocycles. The van der Waals surface area contributed by atoms with Crippen molar-refractivity contribution in [2.75, 3.05) is 55.4 Å². The quantitative estimate of drug-likeness (QED) is 0.836. The van der Waals surface area contributed by atoms with Crippen LogP contribution >= 0.6 is 0 Å². The normalized spacial score (nSPS) is 14.5. The third-order valence-electron chi connectivity index (χ3n) is 4.37. The number of amides is 2. The summed E-state index contributed by atoms with van der Waals surface area (Å²) < 4.78 is 40.4. The molecule has 0 radical (unpaired) electrons. The van der Waals surface area contributed by atoms with Crippen LogP contribution in [-0.4, -0.2) is 67.8 Å². The average molecular weight is 410 g/mol. The highest BCUT2D eigenvalue weighted by Gasteiger charge is 2.31. The lowest BCUT2D eigenvalue weighted by molar-refractivity contribution is -0.274. The van der Waals surface area contributed by atoms with Crippen LogP contribution in [0, 0.1) is 0 Å². The number of urea groups is 1. The number of halogens is 3. The zero-order valence-electron chi connectivity index (χ0n) is 16.0. The number of hydrogen-bond donors (Lipinski definition) is 1. The zero-order valence-corrected chi connectivity index (χ0v) is 16.0. The van der Waals surface area contributed by atoms with E-state index < -0.39 is 6.36 Å². The summed E-state index contributed by atoms with van der Waals surface area (Å²) in [7, 11) is 3.84. The maximum atomic E-state index is 12.4. The predicted octanol–water partition coefficient (Wildman–Crippen LogP) is 2.80. The van der Waals surface area contributed by atoms with E-state index in [-0.39, 0.29) is 11.8 Å². The first-order valence-electron chi connectivity index (χ1n) is 8.88. The Morgan fingerprint density at radius 2 is 1.79 bits per heavy atom. The molecule has 3 rings (SSSR count). The molecule has 8 nitrogen and oxygen atoms in total. The van der Waals surface area contributed by atoms with Gasteiger partial charge in [-0.1, -0.05) is 0 Å². The van der Waals surface area contributed by atoms with Crippen LogP contribution in [-0.2, 0) is 0 Å². The fourth-order valence-electron chi connectivity index (χ4n) is 2.83. The highest BCUT2D eigenvalue weighted by atomic mass is 19.4. The first-order valence-corrected chi connectivity index (χ1v) is 8.88. The largest absolute Gasteiger partial charge is 0.573 e. The molecule has 2 aromatic rings. The van der Waals surface area contributed by atoms with Gasteiger partial charge in [0.15, 0.2) is 5.82 Å². The van der Waals surface area contributed by atoms with Gasteiger partial charge < -0.3 is 24.8 Å². The number of hydrogen-bond acceptors (Lipinski definition) is 6. The van der Waals surface area contributed by atoms with Crippen molar-refractivity contribution >= 4 is 23.2 Å². The maximum absolute atomic E-state index is 12.4. The van der Waals surface area contributed by atoms with Crippen LogP contribution in [0.1, 0.15) is 0 Å². The van der Waals surface area contributed by atoms with Gasteiger partial charge in [0.05, 0.1) is 11.9 Å². The summed E-state index contributed by atoms with van der Waals surface area (Å²) >= 11 is 0. The van der Waals surface area contributed by atoms with Crippen LogP contribution in [0.4, 0.5) is 35.2 Å². The molecule has 1 aliphatic heterocycles. The number of rotatable bonds is 4. The summed E-state index contributed by atoms with van der Waals surface area (Å²) in [5, 5.41) is 10.8. The Labute approximate surface area is 165 Å². The lowest BCUT2D eigenvalue weighted by Gasteiger charge is -2.35. The van der Waals surface area contributed by atoms with Crippen molar-refractivity contribution in [2.45, 2.75) is 6.36 Å². The molecular weight excluding hydrogens is 389 g/mol. The number of piperazine rings is 1. The van der Waals surface area contributed by atoms with Gasteiger partial charge in [-0.05, 0) is 24.3 Å². The third-order valence-corrected chi connectivity index (χ3v) is 4.37. The van der Waals surface area contributed by atoms with Gasteiger partial charge in [0.25, 0.3) is 0 Å². The van der Waals surface area contributed by atoms with E-state index >= 15 is 0 Å². The molecule has 0 aliphatic carbocycles. The van der Waals surface area contributed by atoms with E-state index in [1.807, 2.05) is 30.0 Å². The number of aromatic nitrogens is 2. The number of alkyl halides is 3. The molecule has 1 N–H and O–H groups in total. The number of benzene rings is 1. The van der Waals surface area contributed by atoms with Crippen LogP contribution in [0.15, 0.2) is 36.5 Å². The van der Waals surface area contributed by atoms with Crippen LogP contribution < -0.4 is 19.9 Å². The molecule has 1 fully saturated rings. The van der Waals surface area contributed by atoms with Gasteiger partial charge in [0.1, 0.15) is 5.75 Å². The van der Waals surface area contributed by atoms with E-state index in [4.69, 9.17) is 0 Å². The Morgan fingerprint density at radius 1 is 1.14 bits per heavy atom. The monoisotopic (exact) mass is 410 g/mol. The van der Waals surface area contributed by atoms with E-state index in [1.54, 1.807) is 11.1 Å². The van der Waals surface area contributed by atoms with Crippen molar-refractivity contribution < 1.29 is 22.7 Å². The SMILES string of the molecule is CN(C)c1cnnc(N2CCN(C(=O)Nc3ccc(OC(F)(F)F)cc3)CC2)c1. The van der Waals surface area contributed by atoms with Crippen molar-refractivity contribution in [2.24, 2.45) is 0 Å². The fourth-order valence-corrected chi connectivity index (χ4v) is 2.83. The van der Waals surface area contributed by atoms with Crippen LogP contribution in [0.25, 0.3) is 0 Å². The molecule has 0 saturated carbocycles. The molecular formula is C18H21F3N6O2. The van der Waals surface area contributed by atoms with E-state index in [0.717, 1.165) is 23.6 Å². The molecule has 1 saturated heterocycles. The first-order chi connectivity index (χ1) is 13.7. The van der Waals surface area contributed by atoms with Crippen molar-refractivity contribution in [3.8, 4) is 5.75 Å². The summed E-state index contributed by atoms with van der Waals surface area (Å²) in [4.78, 5) is 18.0. The van der Waals surface area contributed by atoms with E-state index in [0.29, 0.717) is 31.9 Å². The lowest BCUT2D eigenvalue weighted by atomic mass is 10.3. The van der Waals surface area contributed by atoms with Crippen LogP contribution in [0.5, 0.6) is 5.75 Å². The third kappa shape index (κ3) is 5.62. The molecule has 0 atom stereocenters. The molecule has 1 aromatic heterocycles. The summed E-state index contributed by atoms with van der Waals surface area (Å²) in [5.74, 6) is 0.404. The maximum Gasteiger partial charge on any atom is 0.573 e. The zero-order chi connectivity index (χ0) is 21.0. The van der Waals surface area contributed by atoms with Gasteiger partial charge in [-0.2, -0.15) is 5.10 Å². The average Bonchev–Trinajstić information content (AvgIpc) is 2.68. The van der Waals surface area contributed by atoms with Gasteiger partial charge in [-0.3, -0.25) is 0 Å². The van der Waals surface area contributed by atoms with Gasteiger partial charge in [-0.25, -0.2) is 4.79 Å². The molecule has 0 spiro atoms. The number of nitrogens with one attached hydrogen (secondary N) is 1. The van der Waals surface area contributed by atoms with Crippen molar-refractivity contribution in [3.05, 3.63) is 36.5 Å². The first kappa shape index (κ1) is 20.5. The summed E-state index contributed by atoms with van der Waals surface area (Å²) in [5.41, 5.74) is 1.32. The fraction of sp³-hybridized carbons (Fsp3) is 0.389. The predicted molar refractivity (Wildman–Crippen MR) is 102 cm³/mol. The number of ether oxygens (including phenoxy) is 1. The highest BCUT2D eigenvalue weighted by Crippen LogP contribution is 2.24. The number of nitrogens with zero attached hydrogens (tertiary/aromatic N) is 5. The molecule has 1 aliphatic rings. The highest BCUT2D eigenvalue weighted by molar-refractivity contribution is 5.89. The second kappa shape index (κ2) is 8.41. The summed E-state index contributed by atoms with van der Waals surface area (Å²) in [6.07, 6.45) is -3.07. The van der Waals surface area contributed by atoms with Gasteiger partial charge in [-0.15, -0.1) is 18.3 Å². The van der Waals surface area contributed by atoms with Crippen LogP contribution in [0.3, 0.4) is 0 Å². The molecule has 2 amide bonds. The summed E-state index contributed by atoms with van der Waals surface area (Å²) in [6.45, 7) is 2.15. The van der Waals surface area contributed by atoms with Crippen LogP contribution in [0.2, 0.25) is 0 Å². The van der Waals surface area contributed by atoms with Crippen molar-refractivity contribution in [3.63, 3.8) is 0 Å². The lowest BCUT2D eigenvalue weighted by Crippen LogP contribution is -2.50. The topological polar surface area (TPSA) is 73.8 Å².